The summed E-state index contributed by atoms with van der Waals surface area (Å²) in [5.74, 6) is 0. The average molecular weight is 211 g/mol. The van der Waals surface area contributed by atoms with Gasteiger partial charge in [-0.05, 0) is 30.2 Å². The molecule has 1 aromatic rings. The number of rotatable bonds is 5. The summed E-state index contributed by atoms with van der Waals surface area (Å²) in [4.78, 5) is 0. The van der Waals surface area contributed by atoms with E-state index in [1.807, 2.05) is 30.3 Å². The molecule has 0 radical (unpaired) electrons. The molecule has 0 saturated heterocycles. The summed E-state index contributed by atoms with van der Waals surface area (Å²) >= 11 is 5.76. The topological polar surface area (TPSA) is 9.23 Å². The van der Waals surface area contributed by atoms with Crippen LogP contribution in [0.2, 0.25) is 5.02 Å². The van der Waals surface area contributed by atoms with Gasteiger partial charge in [0.1, 0.15) is 0 Å². The normalized spacial score (nSPS) is 10.7. The van der Waals surface area contributed by atoms with E-state index in [-0.39, 0.29) is 0 Å². The molecule has 0 fully saturated rings. The lowest BCUT2D eigenvalue weighted by molar-refractivity contribution is 0.246. The van der Waals surface area contributed by atoms with Crippen LogP contribution >= 0.6 is 11.6 Å². The second kappa shape index (κ2) is 6.50. The number of ether oxygens (including phenoxy) is 1. The SMILES string of the molecule is CCCCO/C=C/c1ccc(Cl)cc1. The van der Waals surface area contributed by atoms with Crippen LogP contribution in [0.4, 0.5) is 0 Å². The molecule has 0 saturated carbocycles. The fourth-order valence-corrected chi connectivity index (χ4v) is 1.12. The molecule has 1 rings (SSSR count). The van der Waals surface area contributed by atoms with Crippen LogP contribution in [0, 0.1) is 0 Å². The number of halogens is 1. The van der Waals surface area contributed by atoms with Crippen LogP contribution in [0.15, 0.2) is 30.5 Å². The molecule has 0 amide bonds. The van der Waals surface area contributed by atoms with Crippen LogP contribution < -0.4 is 0 Å². The molecule has 0 atom stereocenters. The molecule has 0 aliphatic rings. The third-order valence-corrected chi connectivity index (χ3v) is 2.09. The largest absolute Gasteiger partial charge is 0.501 e. The van der Waals surface area contributed by atoms with Crippen molar-refractivity contribution in [2.45, 2.75) is 19.8 Å². The van der Waals surface area contributed by atoms with E-state index in [1.54, 1.807) is 6.26 Å². The molecule has 0 heterocycles. The Hall–Kier alpha value is -0.950. The molecule has 0 spiro atoms. The number of unbranched alkanes of at least 4 members (excludes halogenated alkanes) is 1. The molecule has 2 heteroatoms. The van der Waals surface area contributed by atoms with Crippen molar-refractivity contribution in [1.82, 2.24) is 0 Å². The highest BCUT2D eigenvalue weighted by Gasteiger charge is 1.87. The van der Waals surface area contributed by atoms with Gasteiger partial charge in [-0.2, -0.15) is 0 Å². The Bertz CT molecular complexity index is 277. The maximum Gasteiger partial charge on any atom is 0.0873 e. The van der Waals surface area contributed by atoms with Crippen molar-refractivity contribution in [1.29, 1.82) is 0 Å². The summed E-state index contributed by atoms with van der Waals surface area (Å²) in [6.45, 7) is 2.94. The van der Waals surface area contributed by atoms with Crippen molar-refractivity contribution in [3.05, 3.63) is 41.1 Å². The van der Waals surface area contributed by atoms with Crippen molar-refractivity contribution in [3.8, 4) is 0 Å². The first-order chi connectivity index (χ1) is 6.83. The zero-order valence-electron chi connectivity index (χ0n) is 8.37. The van der Waals surface area contributed by atoms with Crippen molar-refractivity contribution in [3.63, 3.8) is 0 Å². The van der Waals surface area contributed by atoms with Crippen LogP contribution in [0.1, 0.15) is 25.3 Å². The van der Waals surface area contributed by atoms with Gasteiger partial charge in [0.25, 0.3) is 0 Å². The molecular formula is C12H15ClO. The molecule has 0 aromatic heterocycles. The summed E-state index contributed by atoms with van der Waals surface area (Å²) in [5, 5.41) is 0.758. The minimum atomic E-state index is 0.758. The van der Waals surface area contributed by atoms with Gasteiger partial charge in [0.05, 0.1) is 12.9 Å². The van der Waals surface area contributed by atoms with Crippen molar-refractivity contribution in [2.24, 2.45) is 0 Å². The van der Waals surface area contributed by atoms with Crippen LogP contribution in [0.25, 0.3) is 6.08 Å². The van der Waals surface area contributed by atoms with E-state index in [0.717, 1.165) is 30.0 Å². The van der Waals surface area contributed by atoms with Gasteiger partial charge in [-0.3, -0.25) is 0 Å². The van der Waals surface area contributed by atoms with Crippen LogP contribution in [-0.2, 0) is 4.74 Å². The first-order valence-electron chi connectivity index (χ1n) is 4.86. The summed E-state index contributed by atoms with van der Waals surface area (Å²) in [6.07, 6.45) is 5.94. The standard InChI is InChI=1S/C12H15ClO/c1-2-3-9-14-10-8-11-4-6-12(13)7-5-11/h4-8,10H,2-3,9H2,1H3/b10-8+. The Balaban J connectivity index is 2.33. The molecule has 0 N–H and O–H groups in total. The van der Waals surface area contributed by atoms with Gasteiger partial charge in [-0.25, -0.2) is 0 Å². The second-order valence-electron chi connectivity index (χ2n) is 3.08. The predicted molar refractivity (Wildman–Crippen MR) is 61.3 cm³/mol. The third-order valence-electron chi connectivity index (χ3n) is 1.84. The first-order valence-corrected chi connectivity index (χ1v) is 5.24. The lowest BCUT2D eigenvalue weighted by atomic mass is 10.2. The van der Waals surface area contributed by atoms with Gasteiger partial charge in [0, 0.05) is 5.02 Å². The zero-order valence-corrected chi connectivity index (χ0v) is 9.13. The van der Waals surface area contributed by atoms with Gasteiger partial charge in [-0.15, -0.1) is 0 Å². The van der Waals surface area contributed by atoms with Crippen molar-refractivity contribution in [2.75, 3.05) is 6.61 Å². The van der Waals surface area contributed by atoms with Gasteiger partial charge in [0.15, 0.2) is 0 Å². The molecule has 1 aromatic carbocycles. The molecule has 0 aliphatic heterocycles. The fourth-order valence-electron chi connectivity index (χ4n) is 0.996. The van der Waals surface area contributed by atoms with Crippen LogP contribution in [0.5, 0.6) is 0 Å². The molecular weight excluding hydrogens is 196 g/mol. The maximum absolute atomic E-state index is 5.76. The van der Waals surface area contributed by atoms with Gasteiger partial charge in [0.2, 0.25) is 0 Å². The summed E-state index contributed by atoms with van der Waals surface area (Å²) < 4.78 is 5.29. The third kappa shape index (κ3) is 4.33. The Kier molecular flexibility index (Phi) is 5.16. The highest BCUT2D eigenvalue weighted by Crippen LogP contribution is 2.10. The van der Waals surface area contributed by atoms with Crippen LogP contribution in [0.3, 0.4) is 0 Å². The van der Waals surface area contributed by atoms with E-state index in [9.17, 15) is 0 Å². The van der Waals surface area contributed by atoms with Gasteiger partial charge < -0.3 is 4.74 Å². The molecule has 0 aliphatic carbocycles. The average Bonchev–Trinajstić information content (AvgIpc) is 2.21. The first kappa shape index (κ1) is 11.1. The van der Waals surface area contributed by atoms with E-state index < -0.39 is 0 Å². The van der Waals surface area contributed by atoms with E-state index in [1.165, 1.54) is 0 Å². The number of hydrogen-bond donors (Lipinski definition) is 0. The highest BCUT2D eigenvalue weighted by atomic mass is 35.5. The quantitative estimate of drug-likeness (QED) is 0.525. The van der Waals surface area contributed by atoms with Crippen LogP contribution in [-0.4, -0.2) is 6.61 Å². The summed E-state index contributed by atoms with van der Waals surface area (Å²) in [5.41, 5.74) is 1.10. The molecule has 76 valence electrons. The minimum Gasteiger partial charge on any atom is -0.501 e. The van der Waals surface area contributed by atoms with E-state index in [0.29, 0.717) is 0 Å². The summed E-state index contributed by atoms with van der Waals surface area (Å²) in [6, 6.07) is 7.66. The lowest BCUT2D eigenvalue weighted by Gasteiger charge is -1.97. The Morgan fingerprint density at radius 3 is 2.64 bits per heavy atom. The van der Waals surface area contributed by atoms with E-state index in [4.69, 9.17) is 16.3 Å². The maximum atomic E-state index is 5.76. The lowest BCUT2D eigenvalue weighted by Crippen LogP contribution is -1.84. The van der Waals surface area contributed by atoms with E-state index in [2.05, 4.69) is 6.92 Å². The van der Waals surface area contributed by atoms with E-state index >= 15 is 0 Å². The van der Waals surface area contributed by atoms with Crippen molar-refractivity contribution >= 4 is 17.7 Å². The molecule has 1 nitrogen and oxygen atoms in total. The number of benzene rings is 1. The molecule has 14 heavy (non-hydrogen) atoms. The fraction of sp³-hybridized carbons (Fsp3) is 0.333. The minimum absolute atomic E-state index is 0.758. The van der Waals surface area contributed by atoms with Gasteiger partial charge >= 0.3 is 0 Å². The molecule has 0 unspecified atom stereocenters. The molecule has 0 bridgehead atoms. The predicted octanol–water partition coefficient (Wildman–Crippen LogP) is 4.13. The highest BCUT2D eigenvalue weighted by molar-refractivity contribution is 6.30. The monoisotopic (exact) mass is 210 g/mol. The number of hydrogen-bond acceptors (Lipinski definition) is 1. The summed E-state index contributed by atoms with van der Waals surface area (Å²) in [7, 11) is 0. The van der Waals surface area contributed by atoms with Gasteiger partial charge in [-0.1, -0.05) is 37.1 Å². The Labute approximate surface area is 90.3 Å². The Morgan fingerprint density at radius 1 is 1.29 bits per heavy atom. The Morgan fingerprint density at radius 2 is 2.00 bits per heavy atom. The second-order valence-corrected chi connectivity index (χ2v) is 3.52. The van der Waals surface area contributed by atoms with Crippen molar-refractivity contribution < 1.29 is 4.74 Å². The smallest absolute Gasteiger partial charge is 0.0873 e. The zero-order chi connectivity index (χ0) is 10.2.